The minimum Gasteiger partial charge on any atom is -0.383 e. The van der Waals surface area contributed by atoms with Gasteiger partial charge in [-0.15, -0.1) is 0 Å². The maximum absolute atomic E-state index is 10.2. The number of halogens is 1. The van der Waals surface area contributed by atoms with Crippen LogP contribution in [0.2, 0.25) is 5.15 Å². The number of anilines is 1. The summed E-state index contributed by atoms with van der Waals surface area (Å²) in [5.74, 6) is 1.71. The molecule has 224 valence electrons. The predicted molar refractivity (Wildman–Crippen MR) is 170 cm³/mol. The molecule has 11 heteroatoms. The lowest BCUT2D eigenvalue weighted by Gasteiger charge is -2.58. The van der Waals surface area contributed by atoms with Crippen LogP contribution < -0.4 is 5.73 Å². The largest absolute Gasteiger partial charge is 0.383 e. The number of aromatic nitrogens is 4. The molecule has 4 aromatic rings. The number of fused-ring (bicyclic) bond motifs is 1. The average molecular weight is 601 g/mol. The highest BCUT2D eigenvalue weighted by molar-refractivity contribution is 6.29. The summed E-state index contributed by atoms with van der Waals surface area (Å²) in [6.07, 6.45) is 5.65. The van der Waals surface area contributed by atoms with E-state index < -0.39 is 0 Å². The van der Waals surface area contributed by atoms with Gasteiger partial charge in [0.25, 0.3) is 0 Å². The van der Waals surface area contributed by atoms with Crippen molar-refractivity contribution in [3.05, 3.63) is 78.1 Å². The van der Waals surface area contributed by atoms with Crippen LogP contribution in [0.25, 0.3) is 28.2 Å². The van der Waals surface area contributed by atoms with Crippen molar-refractivity contribution in [1.29, 1.82) is 0 Å². The number of nitrogen functional groups attached to an aromatic ring is 1. The monoisotopic (exact) mass is 600 g/mol. The van der Waals surface area contributed by atoms with Crippen LogP contribution in [-0.2, 0) is 9.59 Å². The minimum absolute atomic E-state index is 0.426. The van der Waals surface area contributed by atoms with Crippen molar-refractivity contribution >= 4 is 41.3 Å². The van der Waals surface area contributed by atoms with Gasteiger partial charge in [0.05, 0.1) is 5.56 Å². The number of aldehydes is 1. The van der Waals surface area contributed by atoms with Crippen LogP contribution >= 0.6 is 11.6 Å². The molecule has 3 saturated heterocycles. The molecule has 0 aliphatic carbocycles. The van der Waals surface area contributed by atoms with Crippen LogP contribution in [0.1, 0.15) is 17.9 Å². The van der Waals surface area contributed by atoms with E-state index in [4.69, 9.17) is 27.1 Å². The standard InChI is InChI=1S/C22H21ClN6.C7H12N2O.C3H4O/c1-28-12-10-15(13-28)14-4-6-16(7-5-14)29-21(17-3-2-11-25-20(17)24)26-18-8-9-19(23)27-22(18)29;1-8-2-7(3-8)4-9(5-7)6-10;1-2-3-4/h2-9,11,15H,10,12-13H2,1H3,(H2,24,25);6H,2-5H2,1H3;2-3H,1H2. The Bertz CT molecular complexity index is 1580. The van der Waals surface area contributed by atoms with Gasteiger partial charge < -0.3 is 20.4 Å². The number of rotatable bonds is 5. The third-order valence-electron chi connectivity index (χ3n) is 8.10. The van der Waals surface area contributed by atoms with Crippen LogP contribution in [0.3, 0.4) is 0 Å². The van der Waals surface area contributed by atoms with Crippen molar-refractivity contribution in [2.45, 2.75) is 12.3 Å². The van der Waals surface area contributed by atoms with E-state index in [-0.39, 0.29) is 0 Å². The minimum atomic E-state index is 0.426. The van der Waals surface area contributed by atoms with Crippen molar-refractivity contribution in [3.63, 3.8) is 0 Å². The van der Waals surface area contributed by atoms with Crippen molar-refractivity contribution in [2.75, 3.05) is 59.1 Å². The number of likely N-dealkylation sites (tertiary alicyclic amines) is 3. The maximum Gasteiger partial charge on any atom is 0.209 e. The molecule has 3 aromatic heterocycles. The van der Waals surface area contributed by atoms with Gasteiger partial charge in [0.2, 0.25) is 6.41 Å². The first-order valence-electron chi connectivity index (χ1n) is 14.2. The number of hydrogen-bond donors (Lipinski definition) is 1. The third-order valence-corrected chi connectivity index (χ3v) is 8.31. The molecule has 1 atom stereocenters. The van der Waals surface area contributed by atoms with E-state index in [1.807, 2.05) is 27.7 Å². The van der Waals surface area contributed by atoms with Gasteiger partial charge in [-0.25, -0.2) is 15.0 Å². The van der Waals surface area contributed by atoms with Crippen LogP contribution in [0.5, 0.6) is 0 Å². The number of hydrogen-bond acceptors (Lipinski definition) is 8. The molecule has 3 aliphatic heterocycles. The fraction of sp³-hybridized carbons (Fsp3) is 0.344. The van der Waals surface area contributed by atoms with Crippen molar-refractivity contribution in [2.24, 2.45) is 5.41 Å². The van der Waals surface area contributed by atoms with Crippen molar-refractivity contribution in [3.8, 4) is 17.1 Å². The van der Waals surface area contributed by atoms with E-state index in [2.05, 4.69) is 64.7 Å². The number of amides is 1. The number of likely N-dealkylation sites (N-methyl/N-ethyl adjacent to an activating group) is 1. The molecule has 1 amide bonds. The summed E-state index contributed by atoms with van der Waals surface area (Å²) >= 11 is 6.20. The first kappa shape index (κ1) is 30.3. The third kappa shape index (κ3) is 6.61. The number of pyridine rings is 2. The summed E-state index contributed by atoms with van der Waals surface area (Å²) < 4.78 is 2.00. The van der Waals surface area contributed by atoms with Gasteiger partial charge in [-0.05, 0) is 81.0 Å². The van der Waals surface area contributed by atoms with Crippen LogP contribution in [0.4, 0.5) is 5.82 Å². The molecule has 0 saturated carbocycles. The summed E-state index contributed by atoms with van der Waals surface area (Å²) in [7, 11) is 4.29. The number of allylic oxidation sites excluding steroid dienone is 1. The first-order chi connectivity index (χ1) is 20.8. The number of benzene rings is 1. The lowest BCUT2D eigenvalue weighted by Crippen LogP contribution is -2.70. The van der Waals surface area contributed by atoms with Gasteiger partial charge >= 0.3 is 0 Å². The molecular formula is C32H37ClN8O2. The maximum atomic E-state index is 10.2. The number of carbonyl (C=O) groups excluding carboxylic acids is 2. The molecule has 0 radical (unpaired) electrons. The second kappa shape index (κ2) is 13.0. The highest BCUT2D eigenvalue weighted by Crippen LogP contribution is 2.37. The van der Waals surface area contributed by atoms with Crippen molar-refractivity contribution in [1.82, 2.24) is 34.2 Å². The van der Waals surface area contributed by atoms with E-state index in [1.165, 1.54) is 31.1 Å². The Labute approximate surface area is 256 Å². The SMILES string of the molecule is C=CC=O.CN1CC2(C1)CN(C=O)C2.CN1CCC(c2ccc(-n3c(-c4cccnc4N)nc4ccc(Cl)nc43)cc2)C1. The Kier molecular flexibility index (Phi) is 9.19. The summed E-state index contributed by atoms with van der Waals surface area (Å²) in [6.45, 7) is 9.68. The number of imidazole rings is 1. The van der Waals surface area contributed by atoms with Crippen LogP contribution in [0, 0.1) is 5.41 Å². The van der Waals surface area contributed by atoms with Crippen LogP contribution in [-0.4, -0.2) is 100 Å². The zero-order valence-corrected chi connectivity index (χ0v) is 25.3. The molecule has 43 heavy (non-hydrogen) atoms. The number of carbonyl (C=O) groups is 2. The van der Waals surface area contributed by atoms with Gasteiger partial charge in [-0.2, -0.15) is 0 Å². The highest BCUT2D eigenvalue weighted by Gasteiger charge is 2.49. The predicted octanol–water partition coefficient (Wildman–Crippen LogP) is 3.90. The zero-order valence-electron chi connectivity index (χ0n) is 24.6. The van der Waals surface area contributed by atoms with Gasteiger partial charge in [0, 0.05) is 50.0 Å². The smallest absolute Gasteiger partial charge is 0.209 e. The van der Waals surface area contributed by atoms with Gasteiger partial charge in [0.15, 0.2) is 11.5 Å². The highest BCUT2D eigenvalue weighted by atomic mass is 35.5. The molecule has 10 nitrogen and oxygen atoms in total. The van der Waals surface area contributed by atoms with Crippen molar-refractivity contribution < 1.29 is 9.59 Å². The van der Waals surface area contributed by atoms with Gasteiger partial charge in [0.1, 0.15) is 22.8 Å². The van der Waals surface area contributed by atoms with E-state index in [0.717, 1.165) is 49.4 Å². The summed E-state index contributed by atoms with van der Waals surface area (Å²) in [5.41, 5.74) is 11.2. The zero-order chi connectivity index (χ0) is 30.6. The Hall–Kier alpha value is -4.12. The molecule has 1 unspecified atom stereocenters. The van der Waals surface area contributed by atoms with E-state index in [0.29, 0.717) is 40.1 Å². The molecule has 2 N–H and O–H groups in total. The second-order valence-electron chi connectivity index (χ2n) is 11.6. The molecular weight excluding hydrogens is 564 g/mol. The topological polar surface area (TPSA) is 113 Å². The number of nitrogens with zero attached hydrogens (tertiary/aromatic N) is 7. The lowest BCUT2D eigenvalue weighted by atomic mass is 9.73. The average Bonchev–Trinajstić information content (AvgIpc) is 3.58. The summed E-state index contributed by atoms with van der Waals surface area (Å²) in [6, 6.07) is 16.0. The molecule has 0 bridgehead atoms. The van der Waals surface area contributed by atoms with Gasteiger partial charge in [-0.3, -0.25) is 14.2 Å². The van der Waals surface area contributed by atoms with E-state index in [1.54, 1.807) is 12.3 Å². The molecule has 1 aromatic carbocycles. The Morgan fingerprint density at radius 3 is 2.30 bits per heavy atom. The first-order valence-corrected chi connectivity index (χ1v) is 14.6. The molecule has 1 spiro atoms. The van der Waals surface area contributed by atoms with E-state index in [9.17, 15) is 4.79 Å². The Morgan fingerprint density at radius 1 is 1.00 bits per heavy atom. The molecule has 6 heterocycles. The number of nitrogens with two attached hydrogens (primary N) is 1. The molecule has 3 aliphatic rings. The second-order valence-corrected chi connectivity index (χ2v) is 12.0. The van der Waals surface area contributed by atoms with E-state index >= 15 is 0 Å². The Balaban J connectivity index is 0.000000217. The van der Waals surface area contributed by atoms with Gasteiger partial charge in [-0.1, -0.05) is 30.3 Å². The Morgan fingerprint density at radius 2 is 1.72 bits per heavy atom. The fourth-order valence-corrected chi connectivity index (χ4v) is 6.40. The normalized spacial score (nSPS) is 19.0. The fourth-order valence-electron chi connectivity index (χ4n) is 6.26. The molecule has 7 rings (SSSR count). The van der Waals surface area contributed by atoms with Crippen LogP contribution in [0.15, 0.2) is 67.4 Å². The lowest BCUT2D eigenvalue weighted by molar-refractivity contribution is -0.143. The summed E-state index contributed by atoms with van der Waals surface area (Å²) in [5, 5.41) is 0.426. The summed E-state index contributed by atoms with van der Waals surface area (Å²) in [4.78, 5) is 39.3. The molecule has 3 fully saturated rings. The quantitative estimate of drug-likeness (QED) is 0.208.